The maximum Gasteiger partial charge on any atom is 0.339 e. The first-order valence-electron chi connectivity index (χ1n) is 9.30. The van der Waals surface area contributed by atoms with Crippen molar-refractivity contribution in [2.75, 3.05) is 0 Å². The van der Waals surface area contributed by atoms with Gasteiger partial charge in [-0.3, -0.25) is 0 Å². The Morgan fingerprint density at radius 1 is 0.931 bits per heavy atom. The molecule has 4 aromatic rings. The SMILES string of the molecule is O=C(O)c1cc(-n2c(-c3ccccc3)cc3c2CCc2cnncc2-3)ccc1O. The Morgan fingerprint density at radius 2 is 1.72 bits per heavy atom. The van der Waals surface area contributed by atoms with Crippen molar-refractivity contribution >= 4 is 5.97 Å². The van der Waals surface area contributed by atoms with Crippen LogP contribution in [0.5, 0.6) is 5.75 Å². The van der Waals surface area contributed by atoms with E-state index in [4.69, 9.17) is 0 Å². The van der Waals surface area contributed by atoms with Crippen LogP contribution in [-0.2, 0) is 12.8 Å². The molecule has 0 radical (unpaired) electrons. The fourth-order valence-electron chi connectivity index (χ4n) is 4.02. The van der Waals surface area contributed by atoms with Gasteiger partial charge in [-0.25, -0.2) is 4.79 Å². The predicted octanol–water partition coefficient (Wildman–Crippen LogP) is 4.10. The molecule has 0 bridgehead atoms. The molecule has 0 spiro atoms. The maximum atomic E-state index is 11.6. The molecular weight excluding hydrogens is 366 g/mol. The largest absolute Gasteiger partial charge is 0.507 e. The van der Waals surface area contributed by atoms with Gasteiger partial charge in [0.05, 0.1) is 18.1 Å². The Kier molecular flexibility index (Phi) is 3.91. The molecule has 0 saturated heterocycles. The number of hydrogen-bond donors (Lipinski definition) is 2. The van der Waals surface area contributed by atoms with Crippen LogP contribution in [0, 0.1) is 0 Å². The van der Waals surface area contributed by atoms with Gasteiger partial charge < -0.3 is 14.8 Å². The highest BCUT2D eigenvalue weighted by Gasteiger charge is 2.25. The van der Waals surface area contributed by atoms with E-state index < -0.39 is 5.97 Å². The van der Waals surface area contributed by atoms with E-state index in [1.165, 1.54) is 12.1 Å². The van der Waals surface area contributed by atoms with Crippen molar-refractivity contribution in [2.24, 2.45) is 0 Å². The van der Waals surface area contributed by atoms with Gasteiger partial charge in [-0.2, -0.15) is 10.2 Å². The third-order valence-corrected chi connectivity index (χ3v) is 5.38. The number of aromatic carboxylic acids is 1. The van der Waals surface area contributed by atoms with E-state index in [1.54, 1.807) is 18.5 Å². The zero-order chi connectivity index (χ0) is 20.0. The van der Waals surface area contributed by atoms with Crippen LogP contribution in [-0.4, -0.2) is 30.9 Å². The number of carbonyl (C=O) groups is 1. The summed E-state index contributed by atoms with van der Waals surface area (Å²) in [6, 6.07) is 16.8. The molecule has 2 N–H and O–H groups in total. The number of hydrogen-bond acceptors (Lipinski definition) is 4. The highest BCUT2D eigenvalue weighted by molar-refractivity contribution is 5.91. The van der Waals surface area contributed by atoms with Crippen molar-refractivity contribution < 1.29 is 15.0 Å². The highest BCUT2D eigenvalue weighted by Crippen LogP contribution is 2.40. The van der Waals surface area contributed by atoms with Gasteiger partial charge in [-0.1, -0.05) is 30.3 Å². The molecule has 5 rings (SSSR count). The molecule has 1 aliphatic rings. The topological polar surface area (TPSA) is 88.2 Å². The number of aromatic hydroxyl groups is 1. The summed E-state index contributed by atoms with van der Waals surface area (Å²) in [5, 5.41) is 27.5. The van der Waals surface area contributed by atoms with Crippen molar-refractivity contribution in [3.63, 3.8) is 0 Å². The summed E-state index contributed by atoms with van der Waals surface area (Å²) >= 11 is 0. The number of benzene rings is 2. The molecule has 1 aliphatic carbocycles. The number of carboxylic acids is 1. The number of rotatable bonds is 3. The predicted molar refractivity (Wildman–Crippen MR) is 108 cm³/mol. The van der Waals surface area contributed by atoms with E-state index in [-0.39, 0.29) is 11.3 Å². The second kappa shape index (κ2) is 6.60. The summed E-state index contributed by atoms with van der Waals surface area (Å²) in [5.41, 5.74) is 6.93. The number of carboxylic acid groups (broad SMARTS) is 1. The number of nitrogens with zero attached hydrogens (tertiary/aromatic N) is 3. The first-order valence-corrected chi connectivity index (χ1v) is 9.30. The molecule has 29 heavy (non-hydrogen) atoms. The van der Waals surface area contributed by atoms with E-state index in [0.717, 1.165) is 46.5 Å². The van der Waals surface area contributed by atoms with Gasteiger partial charge in [0, 0.05) is 22.5 Å². The van der Waals surface area contributed by atoms with Crippen molar-refractivity contribution in [1.29, 1.82) is 0 Å². The summed E-state index contributed by atoms with van der Waals surface area (Å²) in [6.45, 7) is 0. The highest BCUT2D eigenvalue weighted by atomic mass is 16.4. The van der Waals surface area contributed by atoms with E-state index in [0.29, 0.717) is 5.69 Å². The van der Waals surface area contributed by atoms with E-state index in [9.17, 15) is 15.0 Å². The van der Waals surface area contributed by atoms with Crippen LogP contribution in [0.3, 0.4) is 0 Å². The van der Waals surface area contributed by atoms with Crippen molar-refractivity contribution in [2.45, 2.75) is 12.8 Å². The second-order valence-electron chi connectivity index (χ2n) is 7.03. The number of aryl methyl sites for hydroxylation is 1. The third-order valence-electron chi connectivity index (χ3n) is 5.38. The third kappa shape index (κ3) is 2.77. The smallest absolute Gasteiger partial charge is 0.339 e. The van der Waals surface area contributed by atoms with Gasteiger partial charge >= 0.3 is 5.97 Å². The van der Waals surface area contributed by atoms with Crippen LogP contribution >= 0.6 is 0 Å². The van der Waals surface area contributed by atoms with Gasteiger partial charge in [-0.15, -0.1) is 0 Å². The normalized spacial score (nSPS) is 12.3. The first kappa shape index (κ1) is 17.2. The Morgan fingerprint density at radius 3 is 2.52 bits per heavy atom. The fourth-order valence-corrected chi connectivity index (χ4v) is 4.02. The number of fused-ring (bicyclic) bond motifs is 3. The summed E-state index contributed by atoms with van der Waals surface area (Å²) in [7, 11) is 0. The van der Waals surface area contributed by atoms with Crippen LogP contribution in [0.4, 0.5) is 0 Å². The minimum atomic E-state index is -1.16. The average molecular weight is 383 g/mol. The minimum Gasteiger partial charge on any atom is -0.507 e. The molecule has 142 valence electrons. The molecule has 0 saturated carbocycles. The molecule has 2 aromatic heterocycles. The van der Waals surface area contributed by atoms with Crippen LogP contribution in [0.15, 0.2) is 67.0 Å². The second-order valence-corrected chi connectivity index (χ2v) is 7.03. The zero-order valence-electron chi connectivity index (χ0n) is 15.4. The summed E-state index contributed by atoms with van der Waals surface area (Å²) < 4.78 is 2.08. The monoisotopic (exact) mass is 383 g/mol. The summed E-state index contributed by atoms with van der Waals surface area (Å²) in [4.78, 5) is 11.6. The quantitative estimate of drug-likeness (QED) is 0.556. The molecule has 0 aliphatic heterocycles. The van der Waals surface area contributed by atoms with Crippen LogP contribution in [0.2, 0.25) is 0 Å². The van der Waals surface area contributed by atoms with Crippen molar-refractivity contribution in [3.05, 3.63) is 83.8 Å². The van der Waals surface area contributed by atoms with E-state index >= 15 is 0 Å². The van der Waals surface area contributed by atoms with Crippen molar-refractivity contribution in [1.82, 2.24) is 14.8 Å². The summed E-state index contributed by atoms with van der Waals surface area (Å²) in [6.07, 6.45) is 5.22. The molecule has 2 heterocycles. The Bertz CT molecular complexity index is 1250. The average Bonchev–Trinajstić information content (AvgIpc) is 3.15. The van der Waals surface area contributed by atoms with Gasteiger partial charge in [-0.05, 0) is 48.2 Å². The Balaban J connectivity index is 1.81. The van der Waals surface area contributed by atoms with Crippen LogP contribution in [0.1, 0.15) is 21.6 Å². The minimum absolute atomic E-state index is 0.119. The zero-order valence-corrected chi connectivity index (χ0v) is 15.4. The van der Waals surface area contributed by atoms with E-state index in [1.807, 2.05) is 30.3 Å². The fraction of sp³-hybridized carbons (Fsp3) is 0.0870. The molecule has 6 heteroatoms. The van der Waals surface area contributed by atoms with Gasteiger partial charge in [0.15, 0.2) is 0 Å². The lowest BCUT2D eigenvalue weighted by atomic mass is 9.92. The molecular formula is C23H17N3O3. The Hall–Kier alpha value is -3.93. The van der Waals surface area contributed by atoms with Crippen LogP contribution in [0.25, 0.3) is 28.1 Å². The Labute approximate surface area is 166 Å². The molecule has 0 fully saturated rings. The van der Waals surface area contributed by atoms with Gasteiger partial charge in [0.1, 0.15) is 11.3 Å². The van der Waals surface area contributed by atoms with Gasteiger partial charge in [0.2, 0.25) is 0 Å². The molecule has 2 aromatic carbocycles. The lowest BCUT2D eigenvalue weighted by molar-refractivity contribution is 0.0693. The molecule has 0 unspecified atom stereocenters. The van der Waals surface area contributed by atoms with Crippen molar-refractivity contribution in [3.8, 4) is 33.8 Å². The molecule has 0 atom stereocenters. The number of phenols is 1. The van der Waals surface area contributed by atoms with Crippen LogP contribution < -0.4 is 0 Å². The lowest BCUT2D eigenvalue weighted by Crippen LogP contribution is -2.10. The first-order chi connectivity index (χ1) is 14.1. The maximum absolute atomic E-state index is 11.6. The van der Waals surface area contributed by atoms with Gasteiger partial charge in [0.25, 0.3) is 0 Å². The molecule has 6 nitrogen and oxygen atoms in total. The number of aromatic nitrogens is 3. The molecule has 0 amide bonds. The lowest BCUT2D eigenvalue weighted by Gasteiger charge is -2.19. The summed E-state index contributed by atoms with van der Waals surface area (Å²) in [5.74, 6) is -1.41. The van der Waals surface area contributed by atoms with E-state index in [2.05, 4.69) is 20.8 Å². The standard InChI is InChI=1S/C23H17N3O3/c27-22-9-7-16(10-18(22)23(28)29)26-20-8-6-15-12-24-25-13-19(15)17(20)11-21(26)14-4-2-1-3-5-14/h1-5,7,9-13,27H,6,8H2,(H,28,29).